The highest BCUT2D eigenvalue weighted by Gasteiger charge is 2.29. The van der Waals surface area contributed by atoms with Gasteiger partial charge < -0.3 is 10.7 Å². The Morgan fingerprint density at radius 3 is 2.09 bits per heavy atom. The molecule has 0 spiro atoms. The number of rotatable bonds is 7. The third-order valence-corrected chi connectivity index (χ3v) is 10.4. The van der Waals surface area contributed by atoms with Crippen LogP contribution >= 0.6 is 0 Å². The highest BCUT2D eigenvalue weighted by atomic mass is 14.9. The highest BCUT2D eigenvalue weighted by molar-refractivity contribution is 6.02. The quantitative estimate of drug-likeness (QED) is 0.165. The molecule has 53 heavy (non-hydrogen) atoms. The van der Waals surface area contributed by atoms with Crippen LogP contribution in [-0.4, -0.2) is 16.2 Å². The molecule has 0 saturated carbocycles. The minimum Gasteiger partial charge on any atom is -0.357 e. The molecule has 5 aromatic carbocycles. The maximum absolute atomic E-state index is 8.53. The summed E-state index contributed by atoms with van der Waals surface area (Å²) in [4.78, 5) is 10.2. The Kier molecular flexibility index (Phi) is 8.63. The zero-order valence-electron chi connectivity index (χ0n) is 29.3. The Bertz CT molecular complexity index is 2550. The SMILES string of the molecule is N=C/C(C1=CCCC=C1)=C1\NC(C2C=CC=CC2)=C(c2ccc(-c3nc(-c4ccc(-c5ccccc5)cc4)nc4ccccc34)cc2)c2ccccc21. The fourth-order valence-corrected chi connectivity index (χ4v) is 7.70. The van der Waals surface area contributed by atoms with Gasteiger partial charge in [0.1, 0.15) is 0 Å². The molecule has 0 fully saturated rings. The van der Waals surface area contributed by atoms with Crippen LogP contribution in [0.5, 0.6) is 0 Å². The molecule has 254 valence electrons. The summed E-state index contributed by atoms with van der Waals surface area (Å²) in [5.41, 5.74) is 14.9. The lowest BCUT2D eigenvalue weighted by Gasteiger charge is -2.33. The lowest BCUT2D eigenvalue weighted by molar-refractivity contribution is 0.720. The van der Waals surface area contributed by atoms with E-state index < -0.39 is 0 Å². The lowest BCUT2D eigenvalue weighted by Crippen LogP contribution is -2.27. The van der Waals surface area contributed by atoms with E-state index in [4.69, 9.17) is 15.4 Å². The molecule has 2 heterocycles. The number of nitrogens with zero attached hydrogens (tertiary/aromatic N) is 2. The largest absolute Gasteiger partial charge is 0.357 e. The zero-order chi connectivity index (χ0) is 35.6. The van der Waals surface area contributed by atoms with Crippen molar-refractivity contribution in [3.63, 3.8) is 0 Å². The molecular weight excluding hydrogens is 645 g/mol. The fraction of sp³-hybridized carbons (Fsp3) is 0.0816. The average Bonchev–Trinajstić information content (AvgIpc) is 3.24. The molecule has 1 unspecified atom stereocenters. The van der Waals surface area contributed by atoms with E-state index in [0.717, 1.165) is 86.2 Å². The van der Waals surface area contributed by atoms with Gasteiger partial charge in [0.05, 0.1) is 16.9 Å². The standard InChI is InChI=1S/C49H38N4/c50-32-43(35-16-6-2-7-17-35)48-41-21-11-10-20-40(41)45(47(52-48)37-18-8-3-9-19-37)36-26-28-38(29-27-36)46-42-22-12-13-23-44(42)51-49(53-46)39-30-24-34(25-31-39)33-14-4-1-5-15-33/h1,3-6,8-18,20-32,37,50,52H,2,7,19H2/b48-43+,50-32?. The van der Waals surface area contributed by atoms with Crippen molar-refractivity contribution in [3.05, 3.63) is 203 Å². The van der Waals surface area contributed by atoms with Gasteiger partial charge in [0.15, 0.2) is 5.82 Å². The molecule has 0 bridgehead atoms. The molecule has 9 rings (SSSR count). The second-order valence-corrected chi connectivity index (χ2v) is 13.6. The lowest BCUT2D eigenvalue weighted by atomic mass is 9.81. The van der Waals surface area contributed by atoms with Crippen molar-refractivity contribution < 1.29 is 0 Å². The summed E-state index contributed by atoms with van der Waals surface area (Å²) in [6.07, 6.45) is 19.8. The van der Waals surface area contributed by atoms with Crippen LogP contribution < -0.4 is 5.32 Å². The van der Waals surface area contributed by atoms with E-state index in [1.54, 1.807) is 0 Å². The Morgan fingerprint density at radius 2 is 1.34 bits per heavy atom. The van der Waals surface area contributed by atoms with Gasteiger partial charge in [-0.2, -0.15) is 0 Å². The Morgan fingerprint density at radius 1 is 0.642 bits per heavy atom. The van der Waals surface area contributed by atoms with Crippen molar-refractivity contribution in [1.82, 2.24) is 15.3 Å². The van der Waals surface area contributed by atoms with E-state index in [-0.39, 0.29) is 5.92 Å². The van der Waals surface area contributed by atoms with Crippen molar-refractivity contribution in [3.8, 4) is 33.8 Å². The molecule has 1 aliphatic heterocycles. The monoisotopic (exact) mass is 682 g/mol. The predicted molar refractivity (Wildman–Crippen MR) is 220 cm³/mol. The van der Waals surface area contributed by atoms with Crippen LogP contribution in [0.1, 0.15) is 36.0 Å². The number of hydrogen-bond donors (Lipinski definition) is 2. The van der Waals surface area contributed by atoms with Crippen molar-refractivity contribution in [2.24, 2.45) is 5.92 Å². The smallest absolute Gasteiger partial charge is 0.160 e. The topological polar surface area (TPSA) is 61.7 Å². The van der Waals surface area contributed by atoms with Crippen LogP contribution in [0.2, 0.25) is 0 Å². The highest BCUT2D eigenvalue weighted by Crippen LogP contribution is 2.42. The van der Waals surface area contributed by atoms with Gasteiger partial charge in [-0.05, 0) is 53.2 Å². The average molecular weight is 683 g/mol. The van der Waals surface area contributed by atoms with Gasteiger partial charge in [-0.1, -0.05) is 164 Å². The van der Waals surface area contributed by atoms with Gasteiger partial charge in [0, 0.05) is 51.1 Å². The third-order valence-electron chi connectivity index (χ3n) is 10.4. The van der Waals surface area contributed by atoms with E-state index in [2.05, 4.69) is 163 Å². The molecule has 4 nitrogen and oxygen atoms in total. The summed E-state index contributed by atoms with van der Waals surface area (Å²) in [6, 6.07) is 44.7. The first-order chi connectivity index (χ1) is 26.2. The molecule has 2 N–H and O–H groups in total. The summed E-state index contributed by atoms with van der Waals surface area (Å²) in [6.45, 7) is 0. The van der Waals surface area contributed by atoms with Crippen LogP contribution in [0.15, 0.2) is 187 Å². The molecule has 0 saturated heterocycles. The molecule has 0 radical (unpaired) electrons. The van der Waals surface area contributed by atoms with Gasteiger partial charge in [-0.15, -0.1) is 0 Å². The molecule has 3 aliphatic rings. The minimum atomic E-state index is 0.169. The molecule has 6 aromatic rings. The van der Waals surface area contributed by atoms with Gasteiger partial charge in [0.25, 0.3) is 0 Å². The van der Waals surface area contributed by atoms with Crippen molar-refractivity contribution in [1.29, 1.82) is 5.41 Å². The summed E-state index contributed by atoms with van der Waals surface area (Å²) < 4.78 is 0. The van der Waals surface area contributed by atoms with Crippen molar-refractivity contribution in [2.75, 3.05) is 0 Å². The molecule has 0 amide bonds. The Labute approximate surface area is 310 Å². The molecule has 1 aromatic heterocycles. The number of fused-ring (bicyclic) bond motifs is 2. The van der Waals surface area contributed by atoms with Gasteiger partial charge in [0.2, 0.25) is 0 Å². The molecule has 1 atom stereocenters. The first-order valence-electron chi connectivity index (χ1n) is 18.3. The number of para-hydroxylation sites is 1. The zero-order valence-corrected chi connectivity index (χ0v) is 29.3. The van der Waals surface area contributed by atoms with Crippen LogP contribution in [0.3, 0.4) is 0 Å². The fourth-order valence-electron chi connectivity index (χ4n) is 7.70. The van der Waals surface area contributed by atoms with E-state index >= 15 is 0 Å². The minimum absolute atomic E-state index is 0.169. The maximum atomic E-state index is 8.53. The van der Waals surface area contributed by atoms with Gasteiger partial charge in [-0.3, -0.25) is 0 Å². The van der Waals surface area contributed by atoms with Crippen LogP contribution in [0.25, 0.3) is 55.9 Å². The van der Waals surface area contributed by atoms with E-state index in [9.17, 15) is 0 Å². The first-order valence-corrected chi connectivity index (χ1v) is 18.3. The summed E-state index contributed by atoms with van der Waals surface area (Å²) in [5, 5.41) is 13.5. The van der Waals surface area contributed by atoms with Crippen molar-refractivity contribution in [2.45, 2.75) is 19.3 Å². The summed E-state index contributed by atoms with van der Waals surface area (Å²) >= 11 is 0. The van der Waals surface area contributed by atoms with Gasteiger partial charge >= 0.3 is 0 Å². The van der Waals surface area contributed by atoms with E-state index in [1.807, 2.05) is 12.1 Å². The second-order valence-electron chi connectivity index (χ2n) is 13.6. The van der Waals surface area contributed by atoms with Crippen LogP contribution in [0, 0.1) is 11.3 Å². The number of nitrogens with one attached hydrogen (secondary N) is 2. The van der Waals surface area contributed by atoms with Gasteiger partial charge in [-0.25, -0.2) is 9.97 Å². The predicted octanol–water partition coefficient (Wildman–Crippen LogP) is 11.8. The second kappa shape index (κ2) is 14.2. The number of benzene rings is 5. The Balaban J connectivity index is 1.15. The third kappa shape index (κ3) is 6.19. The van der Waals surface area contributed by atoms with Crippen molar-refractivity contribution >= 4 is 28.4 Å². The normalized spacial score (nSPS) is 17.3. The summed E-state index contributed by atoms with van der Waals surface area (Å²) in [5.74, 6) is 0.877. The number of allylic oxidation sites excluding steroid dienone is 9. The number of hydrogen-bond acceptors (Lipinski definition) is 4. The summed E-state index contributed by atoms with van der Waals surface area (Å²) in [7, 11) is 0. The maximum Gasteiger partial charge on any atom is 0.160 e. The van der Waals surface area contributed by atoms with E-state index in [1.165, 1.54) is 22.9 Å². The Hall–Kier alpha value is -6.65. The molecule has 4 heteroatoms. The first kappa shape index (κ1) is 32.3. The van der Waals surface area contributed by atoms with Crippen LogP contribution in [0.4, 0.5) is 0 Å². The number of aromatic nitrogens is 2. The van der Waals surface area contributed by atoms with E-state index in [0.29, 0.717) is 5.82 Å². The van der Waals surface area contributed by atoms with Crippen LogP contribution in [-0.2, 0) is 0 Å². The molecule has 2 aliphatic carbocycles. The molecular formula is C49H38N4.